The van der Waals surface area contributed by atoms with Crippen molar-refractivity contribution in [1.82, 2.24) is 5.32 Å². The molecule has 2 unspecified atom stereocenters. The van der Waals surface area contributed by atoms with Crippen LogP contribution in [0.15, 0.2) is 42.5 Å². The lowest BCUT2D eigenvalue weighted by molar-refractivity contribution is 0.0135. The average molecular weight is 402 g/mol. The van der Waals surface area contributed by atoms with E-state index < -0.39 is 24.1 Å². The highest BCUT2D eigenvalue weighted by Gasteiger charge is 2.23. The van der Waals surface area contributed by atoms with E-state index in [-0.39, 0.29) is 35.2 Å². The summed E-state index contributed by atoms with van der Waals surface area (Å²) < 4.78 is 18.6. The highest BCUT2D eigenvalue weighted by Crippen LogP contribution is 2.31. The minimum atomic E-state index is -1.45. The van der Waals surface area contributed by atoms with Crippen LogP contribution in [-0.2, 0) is 11.3 Å². The molecule has 2 aromatic carbocycles. The molecule has 0 aliphatic heterocycles. The lowest BCUT2D eigenvalue weighted by atomic mass is 10.0. The first-order valence-electron chi connectivity index (χ1n) is 7.83. The topological polar surface area (TPSA) is 78.8 Å². The molecule has 8 heteroatoms. The maximum atomic E-state index is 13.6. The van der Waals surface area contributed by atoms with Crippen molar-refractivity contribution in [2.45, 2.75) is 25.2 Å². The second-order valence-corrected chi connectivity index (χ2v) is 6.39. The molecular weight excluding hydrogens is 384 g/mol. The number of alkyl carbamates (subject to hydrolysis) is 1. The third kappa shape index (κ3) is 5.85. The summed E-state index contributed by atoms with van der Waals surface area (Å²) in [5.41, 5.74) is 0.826. The number of aliphatic hydroxyl groups excluding tert-OH is 2. The van der Waals surface area contributed by atoms with Crippen LogP contribution in [0.4, 0.5) is 9.18 Å². The molecule has 0 saturated carbocycles. The van der Waals surface area contributed by atoms with Gasteiger partial charge in [0.2, 0.25) is 0 Å². The molecule has 0 saturated heterocycles. The Morgan fingerprint density at radius 1 is 1.19 bits per heavy atom. The highest BCUT2D eigenvalue weighted by molar-refractivity contribution is 6.33. The first kappa shape index (κ1) is 20.5. The summed E-state index contributed by atoms with van der Waals surface area (Å²) in [6.07, 6.45) is -3.37. The number of carbonyl (C=O) groups is 1. The van der Waals surface area contributed by atoms with Gasteiger partial charge >= 0.3 is 6.09 Å². The average Bonchev–Trinajstić information content (AvgIpc) is 2.63. The minimum Gasteiger partial charge on any atom is -0.445 e. The van der Waals surface area contributed by atoms with E-state index in [2.05, 4.69) is 5.32 Å². The second kappa shape index (κ2) is 9.73. The Labute approximate surface area is 160 Å². The van der Waals surface area contributed by atoms with Gasteiger partial charge in [-0.3, -0.25) is 0 Å². The van der Waals surface area contributed by atoms with Gasteiger partial charge in [0.25, 0.3) is 0 Å². The molecular formula is C18H18Cl2FNO4. The van der Waals surface area contributed by atoms with Crippen molar-refractivity contribution in [2.24, 2.45) is 0 Å². The number of aliphatic hydroxyl groups is 2. The van der Waals surface area contributed by atoms with Gasteiger partial charge in [0.1, 0.15) is 18.5 Å². The van der Waals surface area contributed by atoms with Crippen molar-refractivity contribution < 1.29 is 24.1 Å². The van der Waals surface area contributed by atoms with E-state index in [1.165, 1.54) is 6.07 Å². The molecule has 0 radical (unpaired) electrons. The highest BCUT2D eigenvalue weighted by atomic mass is 35.5. The van der Waals surface area contributed by atoms with Crippen molar-refractivity contribution in [3.05, 3.63) is 69.5 Å². The van der Waals surface area contributed by atoms with E-state index >= 15 is 0 Å². The summed E-state index contributed by atoms with van der Waals surface area (Å²) in [4.78, 5) is 11.6. The number of nitrogens with one attached hydrogen (secondary N) is 1. The summed E-state index contributed by atoms with van der Waals surface area (Å²) in [6, 6.07) is 11.5. The van der Waals surface area contributed by atoms with Gasteiger partial charge in [0.15, 0.2) is 0 Å². The number of rotatable bonds is 7. The molecule has 1 amide bonds. The summed E-state index contributed by atoms with van der Waals surface area (Å²) in [5, 5.41) is 22.4. The number of carbonyl (C=O) groups excluding carboxylic acids is 1. The zero-order chi connectivity index (χ0) is 19.1. The molecule has 2 rings (SSSR count). The Morgan fingerprint density at radius 3 is 2.58 bits per heavy atom. The minimum absolute atomic E-state index is 0.00602. The largest absolute Gasteiger partial charge is 0.445 e. The van der Waals surface area contributed by atoms with Crippen molar-refractivity contribution in [3.63, 3.8) is 0 Å². The zero-order valence-electron chi connectivity index (χ0n) is 13.7. The lowest BCUT2D eigenvalue weighted by Crippen LogP contribution is -2.30. The van der Waals surface area contributed by atoms with E-state index in [1.807, 2.05) is 30.3 Å². The molecule has 2 atom stereocenters. The third-order valence-corrected chi connectivity index (χ3v) is 4.24. The Bertz CT molecular complexity index is 745. The molecule has 26 heavy (non-hydrogen) atoms. The molecule has 140 valence electrons. The fourth-order valence-corrected chi connectivity index (χ4v) is 2.69. The van der Waals surface area contributed by atoms with Crippen LogP contribution in [-0.4, -0.2) is 29.0 Å². The molecule has 2 aromatic rings. The molecule has 5 nitrogen and oxygen atoms in total. The van der Waals surface area contributed by atoms with Crippen LogP contribution in [0.1, 0.15) is 23.7 Å². The molecule has 0 heterocycles. The van der Waals surface area contributed by atoms with Gasteiger partial charge < -0.3 is 20.3 Å². The van der Waals surface area contributed by atoms with Gasteiger partial charge in [0, 0.05) is 17.1 Å². The number of benzene rings is 2. The predicted octanol–water partition coefficient (Wildman–Crippen LogP) is 3.84. The van der Waals surface area contributed by atoms with Gasteiger partial charge in [-0.1, -0.05) is 53.5 Å². The normalized spacial score (nSPS) is 13.1. The van der Waals surface area contributed by atoms with Crippen LogP contribution < -0.4 is 5.32 Å². The van der Waals surface area contributed by atoms with Crippen molar-refractivity contribution in [2.75, 3.05) is 6.54 Å². The maximum Gasteiger partial charge on any atom is 0.407 e. The van der Waals surface area contributed by atoms with E-state index in [0.717, 1.165) is 11.6 Å². The molecule has 0 fully saturated rings. The fourth-order valence-electron chi connectivity index (χ4n) is 2.25. The van der Waals surface area contributed by atoms with Crippen molar-refractivity contribution in [1.29, 1.82) is 0 Å². The van der Waals surface area contributed by atoms with Crippen LogP contribution in [0.2, 0.25) is 10.0 Å². The van der Waals surface area contributed by atoms with Gasteiger partial charge in [-0.25, -0.2) is 9.18 Å². The summed E-state index contributed by atoms with van der Waals surface area (Å²) in [6.45, 7) is 0.168. The predicted molar refractivity (Wildman–Crippen MR) is 96.6 cm³/mol. The number of halogens is 3. The monoisotopic (exact) mass is 401 g/mol. The van der Waals surface area contributed by atoms with Crippen molar-refractivity contribution in [3.8, 4) is 0 Å². The number of amides is 1. The Morgan fingerprint density at radius 2 is 1.88 bits per heavy atom. The van der Waals surface area contributed by atoms with Gasteiger partial charge in [-0.05, 0) is 24.1 Å². The summed E-state index contributed by atoms with van der Waals surface area (Å²) in [7, 11) is 0. The zero-order valence-corrected chi connectivity index (χ0v) is 15.2. The SMILES string of the molecule is O=C(NCCC(O)C(O)c1cc(Cl)cc(F)c1Cl)OCc1ccccc1. The number of hydrogen-bond acceptors (Lipinski definition) is 4. The van der Waals surface area contributed by atoms with Crippen LogP contribution >= 0.6 is 23.2 Å². The Balaban J connectivity index is 1.79. The first-order valence-corrected chi connectivity index (χ1v) is 8.59. The summed E-state index contributed by atoms with van der Waals surface area (Å²) in [5.74, 6) is -0.789. The standard InChI is InChI=1S/C18H18Cl2FNO4/c19-12-8-13(16(20)14(21)9-12)17(24)15(23)6-7-22-18(25)26-10-11-4-2-1-3-5-11/h1-5,8-9,15,17,23-24H,6-7,10H2,(H,22,25). The van der Waals surface area contributed by atoms with Gasteiger partial charge in [-0.15, -0.1) is 0 Å². The number of hydrogen-bond donors (Lipinski definition) is 3. The molecule has 0 bridgehead atoms. The molecule has 3 N–H and O–H groups in total. The Hall–Kier alpha value is -1.86. The first-order chi connectivity index (χ1) is 12.4. The van der Waals surface area contributed by atoms with Crippen LogP contribution in [0.5, 0.6) is 0 Å². The number of ether oxygens (including phenoxy) is 1. The van der Waals surface area contributed by atoms with Crippen molar-refractivity contribution >= 4 is 29.3 Å². The fraction of sp³-hybridized carbons (Fsp3) is 0.278. The van der Waals surface area contributed by atoms with Gasteiger partial charge in [-0.2, -0.15) is 0 Å². The van der Waals surface area contributed by atoms with E-state index in [9.17, 15) is 19.4 Å². The maximum absolute atomic E-state index is 13.6. The van der Waals surface area contributed by atoms with E-state index in [0.29, 0.717) is 0 Å². The van der Waals surface area contributed by atoms with Crippen LogP contribution in [0.25, 0.3) is 0 Å². The molecule has 0 aromatic heterocycles. The lowest BCUT2D eigenvalue weighted by Gasteiger charge is -2.20. The van der Waals surface area contributed by atoms with E-state index in [4.69, 9.17) is 27.9 Å². The molecule has 0 aliphatic carbocycles. The van der Waals surface area contributed by atoms with Crippen LogP contribution in [0.3, 0.4) is 0 Å². The molecule has 0 spiro atoms. The van der Waals surface area contributed by atoms with E-state index in [1.54, 1.807) is 0 Å². The quantitative estimate of drug-likeness (QED) is 0.615. The summed E-state index contributed by atoms with van der Waals surface area (Å²) >= 11 is 11.5. The molecule has 0 aliphatic rings. The smallest absolute Gasteiger partial charge is 0.407 e. The Kier molecular flexibility index (Phi) is 7.66. The van der Waals surface area contributed by atoms with Crippen LogP contribution in [0, 0.1) is 5.82 Å². The van der Waals surface area contributed by atoms with Gasteiger partial charge in [0.05, 0.1) is 11.1 Å². The second-order valence-electron chi connectivity index (χ2n) is 5.58. The third-order valence-electron chi connectivity index (χ3n) is 3.63.